The van der Waals surface area contributed by atoms with Gasteiger partial charge in [-0.3, -0.25) is 24.5 Å². The summed E-state index contributed by atoms with van der Waals surface area (Å²) in [6.07, 6.45) is 4.37. The molecule has 0 fully saturated rings. The number of hydrogen-bond acceptors (Lipinski definition) is 7. The van der Waals surface area contributed by atoms with E-state index in [4.69, 9.17) is 0 Å². The number of aromatic nitrogens is 2. The van der Waals surface area contributed by atoms with Crippen molar-refractivity contribution in [2.45, 2.75) is 78.8 Å². The molecule has 1 rings (SSSR count). The van der Waals surface area contributed by atoms with Gasteiger partial charge in [-0.1, -0.05) is 20.8 Å². The molecule has 0 spiro atoms. The maximum atomic E-state index is 12.8. The monoisotopic (exact) mass is 463 g/mol. The standard InChI is InChI=1S/C24H41N5O4/c1-16(11-17-12-26-15-27-17)21(33)29-24(6,7)20(32)14-28-23(4,5)18(30)9-10-22(2,3)19(31)13-25-8/h12,15-16,25,28H,9-11,13-14H2,1-8H3,(H,26,27)(H,29,33)/t16-/m0/s1. The van der Waals surface area contributed by atoms with E-state index in [2.05, 4.69) is 25.9 Å². The zero-order chi connectivity index (χ0) is 25.4. The van der Waals surface area contributed by atoms with E-state index in [1.54, 1.807) is 54.2 Å². The Labute approximate surface area is 197 Å². The van der Waals surface area contributed by atoms with Gasteiger partial charge >= 0.3 is 0 Å². The van der Waals surface area contributed by atoms with Crippen molar-refractivity contribution in [3.05, 3.63) is 18.2 Å². The van der Waals surface area contributed by atoms with E-state index < -0.39 is 16.5 Å². The minimum atomic E-state index is -1.09. The van der Waals surface area contributed by atoms with E-state index in [9.17, 15) is 19.2 Å². The second-order valence-corrected chi connectivity index (χ2v) is 10.5. The van der Waals surface area contributed by atoms with Gasteiger partial charge in [-0.2, -0.15) is 0 Å². The Balaban J connectivity index is 2.60. The van der Waals surface area contributed by atoms with Gasteiger partial charge in [0.15, 0.2) is 17.3 Å². The van der Waals surface area contributed by atoms with Crippen LogP contribution in [0.2, 0.25) is 0 Å². The number of hydrogen-bond donors (Lipinski definition) is 4. The second kappa shape index (κ2) is 11.7. The van der Waals surface area contributed by atoms with E-state index in [0.717, 1.165) is 5.69 Å². The predicted molar refractivity (Wildman–Crippen MR) is 128 cm³/mol. The third kappa shape index (κ3) is 8.81. The molecule has 1 aromatic rings. The maximum Gasteiger partial charge on any atom is 0.223 e. The molecule has 33 heavy (non-hydrogen) atoms. The van der Waals surface area contributed by atoms with Gasteiger partial charge in [0, 0.05) is 36.1 Å². The van der Waals surface area contributed by atoms with Gasteiger partial charge in [0.2, 0.25) is 5.91 Å². The quantitative estimate of drug-likeness (QED) is 0.310. The lowest BCUT2D eigenvalue weighted by molar-refractivity contribution is -0.133. The Hall–Kier alpha value is -2.39. The number of nitrogens with zero attached hydrogens (tertiary/aromatic N) is 1. The number of carbonyl (C=O) groups is 4. The van der Waals surface area contributed by atoms with Crippen molar-refractivity contribution in [3.63, 3.8) is 0 Å². The summed E-state index contributed by atoms with van der Waals surface area (Å²) in [6, 6.07) is 0. The first-order valence-electron chi connectivity index (χ1n) is 11.4. The molecular formula is C24H41N5O4. The van der Waals surface area contributed by atoms with Gasteiger partial charge in [0.1, 0.15) is 0 Å². The molecule has 0 radical (unpaired) electrons. The van der Waals surface area contributed by atoms with Gasteiger partial charge in [-0.15, -0.1) is 0 Å². The third-order valence-electron chi connectivity index (χ3n) is 6.12. The molecule has 0 saturated carbocycles. The predicted octanol–water partition coefficient (Wildman–Crippen LogP) is 1.58. The highest BCUT2D eigenvalue weighted by atomic mass is 16.2. The van der Waals surface area contributed by atoms with Crippen molar-refractivity contribution in [3.8, 4) is 0 Å². The summed E-state index contributed by atoms with van der Waals surface area (Å²) in [6.45, 7) is 12.4. The Morgan fingerprint density at radius 2 is 1.61 bits per heavy atom. The van der Waals surface area contributed by atoms with Gasteiger partial charge in [-0.25, -0.2) is 4.98 Å². The fourth-order valence-electron chi connectivity index (χ4n) is 3.22. The van der Waals surface area contributed by atoms with Crippen LogP contribution >= 0.6 is 0 Å². The lowest BCUT2D eigenvalue weighted by Crippen LogP contribution is -2.57. The van der Waals surface area contributed by atoms with Crippen LogP contribution in [0.5, 0.6) is 0 Å². The highest BCUT2D eigenvalue weighted by Crippen LogP contribution is 2.25. The summed E-state index contributed by atoms with van der Waals surface area (Å²) in [5, 5.41) is 8.70. The van der Waals surface area contributed by atoms with Crippen molar-refractivity contribution < 1.29 is 19.2 Å². The Bertz CT molecular complexity index is 828. The molecule has 0 aliphatic rings. The van der Waals surface area contributed by atoms with Crippen molar-refractivity contribution in [2.75, 3.05) is 20.1 Å². The van der Waals surface area contributed by atoms with Crippen LogP contribution < -0.4 is 16.0 Å². The SMILES string of the molecule is CNCC(=O)C(C)(C)CCC(=O)C(C)(C)NCC(=O)C(C)(C)NC(=O)[C@@H](C)Cc1cnc[nH]1. The smallest absolute Gasteiger partial charge is 0.223 e. The molecule has 1 atom stereocenters. The number of aromatic amines is 1. The topological polar surface area (TPSA) is 133 Å². The molecule has 0 aliphatic heterocycles. The molecule has 4 N–H and O–H groups in total. The Morgan fingerprint density at radius 1 is 0.970 bits per heavy atom. The largest absolute Gasteiger partial charge is 0.348 e. The zero-order valence-electron chi connectivity index (χ0n) is 21.3. The molecule has 186 valence electrons. The van der Waals surface area contributed by atoms with Gasteiger partial charge < -0.3 is 15.6 Å². The Morgan fingerprint density at radius 3 is 2.15 bits per heavy atom. The first-order chi connectivity index (χ1) is 15.1. The van der Waals surface area contributed by atoms with Crippen LogP contribution in [0.1, 0.15) is 67.0 Å². The minimum Gasteiger partial charge on any atom is -0.348 e. The van der Waals surface area contributed by atoms with E-state index in [1.165, 1.54) is 0 Å². The van der Waals surface area contributed by atoms with E-state index in [0.29, 0.717) is 12.8 Å². The number of H-pyrrole nitrogens is 1. The summed E-state index contributed by atoms with van der Waals surface area (Å²) < 4.78 is 0. The fourth-order valence-corrected chi connectivity index (χ4v) is 3.22. The first-order valence-corrected chi connectivity index (χ1v) is 11.4. The highest BCUT2D eigenvalue weighted by Gasteiger charge is 2.35. The molecular weight excluding hydrogens is 422 g/mol. The van der Waals surface area contributed by atoms with Crippen LogP contribution in [-0.4, -0.2) is 64.4 Å². The number of amides is 1. The third-order valence-corrected chi connectivity index (χ3v) is 6.12. The number of imidazole rings is 1. The molecule has 9 nitrogen and oxygen atoms in total. The lowest BCUT2D eigenvalue weighted by Gasteiger charge is -2.31. The molecule has 1 amide bonds. The summed E-state index contributed by atoms with van der Waals surface area (Å²) in [5.41, 5.74) is -1.79. The van der Waals surface area contributed by atoms with Crippen LogP contribution in [0, 0.1) is 11.3 Å². The summed E-state index contributed by atoms with van der Waals surface area (Å²) in [5.74, 6) is -0.812. The van der Waals surface area contributed by atoms with Gasteiger partial charge in [-0.05, 0) is 41.2 Å². The van der Waals surface area contributed by atoms with E-state index in [1.807, 2.05) is 13.8 Å². The molecule has 1 heterocycles. The van der Waals surface area contributed by atoms with E-state index >= 15 is 0 Å². The number of carbonyl (C=O) groups excluding carboxylic acids is 4. The number of ketones is 3. The minimum absolute atomic E-state index is 0.0537. The lowest BCUT2D eigenvalue weighted by atomic mass is 9.80. The first kappa shape index (κ1) is 28.6. The molecule has 9 heteroatoms. The average molecular weight is 464 g/mol. The maximum absolute atomic E-state index is 12.8. The number of nitrogens with one attached hydrogen (secondary N) is 4. The average Bonchev–Trinajstić information content (AvgIpc) is 3.22. The van der Waals surface area contributed by atoms with Crippen LogP contribution in [0.15, 0.2) is 12.5 Å². The van der Waals surface area contributed by atoms with Gasteiger partial charge in [0.25, 0.3) is 0 Å². The zero-order valence-corrected chi connectivity index (χ0v) is 21.3. The van der Waals surface area contributed by atoms with Crippen molar-refractivity contribution >= 4 is 23.3 Å². The molecule has 0 aliphatic carbocycles. The van der Waals surface area contributed by atoms with E-state index in [-0.39, 0.29) is 48.7 Å². The molecule has 0 bridgehead atoms. The Kier molecular flexibility index (Phi) is 10.1. The van der Waals surface area contributed by atoms with Crippen LogP contribution in [0.25, 0.3) is 0 Å². The van der Waals surface area contributed by atoms with Crippen molar-refractivity contribution in [1.82, 2.24) is 25.9 Å². The van der Waals surface area contributed by atoms with Crippen molar-refractivity contribution in [1.29, 1.82) is 0 Å². The highest BCUT2D eigenvalue weighted by molar-refractivity contribution is 5.95. The van der Waals surface area contributed by atoms with Crippen LogP contribution in [0.3, 0.4) is 0 Å². The molecule has 1 aromatic heterocycles. The van der Waals surface area contributed by atoms with Crippen molar-refractivity contribution in [2.24, 2.45) is 11.3 Å². The van der Waals surface area contributed by atoms with Crippen LogP contribution in [0.4, 0.5) is 0 Å². The molecule has 0 unspecified atom stereocenters. The fraction of sp³-hybridized carbons (Fsp3) is 0.708. The van der Waals surface area contributed by atoms with Crippen LogP contribution in [-0.2, 0) is 25.6 Å². The number of rotatable bonds is 15. The summed E-state index contributed by atoms with van der Waals surface area (Å²) in [7, 11) is 1.72. The number of Topliss-reactive ketones (excluding diaryl/α,β-unsaturated/α-hetero) is 3. The second-order valence-electron chi connectivity index (χ2n) is 10.5. The summed E-state index contributed by atoms with van der Waals surface area (Å²) >= 11 is 0. The normalized spacial score (nSPS) is 13.5. The molecule has 0 aromatic carbocycles. The number of likely N-dealkylation sites (N-methyl/N-ethyl adjacent to an activating group) is 1. The summed E-state index contributed by atoms with van der Waals surface area (Å²) in [4.78, 5) is 57.3. The van der Waals surface area contributed by atoms with Gasteiger partial charge in [0.05, 0.1) is 30.5 Å². The molecule has 0 saturated heterocycles.